The minimum atomic E-state index is -0.811. The number of nitrogens with two attached hydrogens (primary N) is 1. The minimum absolute atomic E-state index is 0.0215. The maximum Gasteiger partial charge on any atom is 0.331 e. The summed E-state index contributed by atoms with van der Waals surface area (Å²) in [5, 5.41) is 23.6. The van der Waals surface area contributed by atoms with E-state index >= 15 is 0 Å². The lowest BCUT2D eigenvalue weighted by Crippen LogP contribution is -2.30. The van der Waals surface area contributed by atoms with Gasteiger partial charge < -0.3 is 21.3 Å². The summed E-state index contributed by atoms with van der Waals surface area (Å²) < 4.78 is 2.90. The van der Waals surface area contributed by atoms with Crippen LogP contribution in [0.5, 0.6) is 5.88 Å². The van der Waals surface area contributed by atoms with E-state index < -0.39 is 11.6 Å². The quantitative estimate of drug-likeness (QED) is 0.303. The first-order valence-electron chi connectivity index (χ1n) is 11.4. The maximum atomic E-state index is 12.5. The molecule has 1 rings (SSSR count). The number of nitrogens with one attached hydrogen (secondary N) is 1. The van der Waals surface area contributed by atoms with Crippen molar-refractivity contribution in [3.8, 4) is 5.88 Å². The number of primary amides is 1. The van der Waals surface area contributed by atoms with Crippen molar-refractivity contribution in [3.63, 3.8) is 0 Å². The lowest BCUT2D eigenvalue weighted by molar-refractivity contribution is 0.0345. The van der Waals surface area contributed by atoms with Gasteiger partial charge in [-0.2, -0.15) is 0 Å². The van der Waals surface area contributed by atoms with Crippen molar-refractivity contribution in [2.75, 3.05) is 6.54 Å². The molecule has 1 heterocycles. The van der Waals surface area contributed by atoms with Gasteiger partial charge in [-0.1, -0.05) is 51.9 Å². The fraction of sp³-hybridized carbons (Fsp3) is 0.818. The lowest BCUT2D eigenvalue weighted by Gasteiger charge is -2.23. The number of amides is 2. The van der Waals surface area contributed by atoms with Gasteiger partial charge in [0.05, 0.1) is 11.3 Å². The molecule has 0 saturated heterocycles. The highest BCUT2D eigenvalue weighted by Gasteiger charge is 2.23. The summed E-state index contributed by atoms with van der Waals surface area (Å²) in [7, 11) is 1.58. The summed E-state index contributed by atoms with van der Waals surface area (Å²) >= 11 is 0. The third-order valence-corrected chi connectivity index (χ3v) is 5.75. The number of carbonyl (C=O) groups is 1. The Bertz CT molecular complexity index is 694. The number of aromatic hydroxyl groups is 1. The molecule has 8 nitrogen and oxygen atoms in total. The molecule has 30 heavy (non-hydrogen) atoms. The van der Waals surface area contributed by atoms with E-state index in [4.69, 9.17) is 5.73 Å². The highest BCUT2D eigenvalue weighted by Crippen LogP contribution is 2.23. The van der Waals surface area contributed by atoms with Crippen LogP contribution in [0.2, 0.25) is 0 Å². The highest BCUT2D eigenvalue weighted by molar-refractivity contribution is 5.71. The summed E-state index contributed by atoms with van der Waals surface area (Å²) in [4.78, 5) is 23.1. The Kier molecular flexibility index (Phi) is 11.6. The first kappa shape index (κ1) is 26.1. The first-order chi connectivity index (χ1) is 14.2. The third kappa shape index (κ3) is 9.24. The molecular formula is C22H42N4O4. The average molecular weight is 427 g/mol. The summed E-state index contributed by atoms with van der Waals surface area (Å²) in [6.07, 6.45) is 11.0. The van der Waals surface area contributed by atoms with E-state index in [0.717, 1.165) is 57.8 Å². The second-order valence-corrected chi connectivity index (χ2v) is 8.63. The molecule has 0 bridgehead atoms. The van der Waals surface area contributed by atoms with Crippen LogP contribution in [0.3, 0.4) is 0 Å². The number of nitrogens with zero attached hydrogens (tertiary/aromatic N) is 2. The number of urea groups is 1. The van der Waals surface area contributed by atoms with Gasteiger partial charge in [-0.25, -0.2) is 9.59 Å². The van der Waals surface area contributed by atoms with E-state index in [0.29, 0.717) is 31.6 Å². The van der Waals surface area contributed by atoms with Crippen molar-refractivity contribution in [3.05, 3.63) is 16.2 Å². The van der Waals surface area contributed by atoms with Crippen LogP contribution in [0.15, 0.2) is 4.79 Å². The Hall–Kier alpha value is -1.96. The Morgan fingerprint density at radius 2 is 1.70 bits per heavy atom. The topological polar surface area (TPSA) is 123 Å². The average Bonchev–Trinajstić information content (AvgIpc) is 2.89. The van der Waals surface area contributed by atoms with Crippen LogP contribution in [0.25, 0.3) is 0 Å². The predicted octanol–water partition coefficient (Wildman–Crippen LogP) is 3.17. The van der Waals surface area contributed by atoms with Crippen LogP contribution in [0.4, 0.5) is 4.79 Å². The molecule has 0 aliphatic carbocycles. The van der Waals surface area contributed by atoms with Crippen LogP contribution < -0.4 is 16.7 Å². The van der Waals surface area contributed by atoms with Crippen molar-refractivity contribution in [1.29, 1.82) is 0 Å². The fourth-order valence-corrected chi connectivity index (χ4v) is 3.75. The molecule has 0 aromatic carbocycles. The van der Waals surface area contributed by atoms with Crippen molar-refractivity contribution in [2.24, 2.45) is 12.8 Å². The molecule has 0 aliphatic heterocycles. The normalized spacial score (nSPS) is 13.3. The molecule has 5 N–H and O–H groups in total. The number of hydrogen-bond acceptors (Lipinski definition) is 4. The van der Waals surface area contributed by atoms with Crippen LogP contribution in [0.1, 0.15) is 90.2 Å². The van der Waals surface area contributed by atoms with E-state index in [1.54, 1.807) is 11.6 Å². The van der Waals surface area contributed by atoms with Gasteiger partial charge in [0.25, 0.3) is 0 Å². The number of carbonyl (C=O) groups excluding carboxylic acids is 1. The number of unbranched alkanes of at least 4 members (excludes halogenated alkanes) is 7. The lowest BCUT2D eigenvalue weighted by atomic mass is 9.94. The second-order valence-electron chi connectivity index (χ2n) is 8.63. The standard InChI is InChI=1S/C22H42N4O4/c1-4-5-6-11-14-22(2,30)15-17-26-18(19(27)25(3)21(26)29)13-10-8-7-9-12-16-24-20(23)28/h27,30H,4-17H2,1-3H3,(H3,23,24,28). The molecule has 0 fully saturated rings. The van der Waals surface area contributed by atoms with Crippen molar-refractivity contribution in [1.82, 2.24) is 14.5 Å². The molecule has 0 radical (unpaired) electrons. The van der Waals surface area contributed by atoms with Gasteiger partial charge in [-0.3, -0.25) is 9.13 Å². The number of aliphatic hydroxyl groups is 1. The number of rotatable bonds is 16. The molecule has 1 unspecified atom stereocenters. The summed E-state index contributed by atoms with van der Waals surface area (Å²) in [5.41, 5.74) is 4.64. The number of aromatic nitrogens is 2. The van der Waals surface area contributed by atoms with Crippen LogP contribution in [0, 0.1) is 0 Å². The Morgan fingerprint density at radius 3 is 2.37 bits per heavy atom. The minimum Gasteiger partial charge on any atom is -0.493 e. The Labute approximate surface area is 180 Å². The third-order valence-electron chi connectivity index (χ3n) is 5.75. The van der Waals surface area contributed by atoms with Crippen molar-refractivity contribution < 1.29 is 15.0 Å². The van der Waals surface area contributed by atoms with Crippen LogP contribution >= 0.6 is 0 Å². The van der Waals surface area contributed by atoms with Gasteiger partial charge in [0.15, 0.2) is 0 Å². The number of imidazole rings is 1. The van der Waals surface area contributed by atoms with Gasteiger partial charge in [0.2, 0.25) is 5.88 Å². The van der Waals surface area contributed by atoms with Gasteiger partial charge in [0, 0.05) is 20.1 Å². The second kappa shape index (κ2) is 13.4. The van der Waals surface area contributed by atoms with Gasteiger partial charge in [-0.05, 0) is 39.0 Å². The molecule has 8 heteroatoms. The molecule has 0 aliphatic rings. The SMILES string of the molecule is CCCCCCC(C)(O)CCn1c(CCCCCCCNC(N)=O)c(O)n(C)c1=O. The van der Waals surface area contributed by atoms with Gasteiger partial charge in [-0.15, -0.1) is 0 Å². The number of hydrogen-bond donors (Lipinski definition) is 4. The predicted molar refractivity (Wildman–Crippen MR) is 120 cm³/mol. The summed E-state index contributed by atoms with van der Waals surface area (Å²) in [5.74, 6) is 0.0215. The molecule has 174 valence electrons. The fourth-order valence-electron chi connectivity index (χ4n) is 3.75. The van der Waals surface area contributed by atoms with E-state index in [1.165, 1.54) is 11.0 Å². The van der Waals surface area contributed by atoms with Gasteiger partial charge in [0.1, 0.15) is 0 Å². The monoisotopic (exact) mass is 426 g/mol. The van der Waals surface area contributed by atoms with Gasteiger partial charge >= 0.3 is 11.7 Å². The van der Waals surface area contributed by atoms with Crippen molar-refractivity contribution >= 4 is 6.03 Å². The molecule has 2 amide bonds. The highest BCUT2D eigenvalue weighted by atomic mass is 16.3. The molecular weight excluding hydrogens is 384 g/mol. The smallest absolute Gasteiger partial charge is 0.331 e. The van der Waals surface area contributed by atoms with Crippen LogP contribution in [-0.2, 0) is 20.0 Å². The molecule has 1 aromatic heterocycles. The molecule has 1 atom stereocenters. The Morgan fingerprint density at radius 1 is 1.07 bits per heavy atom. The van der Waals surface area contributed by atoms with E-state index in [9.17, 15) is 19.8 Å². The Balaban J connectivity index is 2.52. The van der Waals surface area contributed by atoms with Crippen LogP contribution in [-0.4, -0.2) is 37.5 Å². The van der Waals surface area contributed by atoms with E-state index in [1.807, 2.05) is 6.92 Å². The zero-order chi connectivity index (χ0) is 22.6. The maximum absolute atomic E-state index is 12.5. The molecule has 1 aromatic rings. The zero-order valence-electron chi connectivity index (χ0n) is 19.1. The summed E-state index contributed by atoms with van der Waals surface area (Å²) in [6.45, 7) is 4.99. The van der Waals surface area contributed by atoms with E-state index in [2.05, 4.69) is 12.2 Å². The summed E-state index contributed by atoms with van der Waals surface area (Å²) in [6, 6.07) is -0.493. The largest absolute Gasteiger partial charge is 0.493 e. The van der Waals surface area contributed by atoms with E-state index in [-0.39, 0.29) is 11.6 Å². The zero-order valence-corrected chi connectivity index (χ0v) is 19.1. The molecule has 0 saturated carbocycles. The van der Waals surface area contributed by atoms with Crippen molar-refractivity contribution in [2.45, 2.75) is 103 Å². The first-order valence-corrected chi connectivity index (χ1v) is 11.4. The molecule has 0 spiro atoms.